The van der Waals surface area contributed by atoms with Crippen LogP contribution in [-0.4, -0.2) is 49.7 Å². The molecular formula is C7H6Fe2N3O3Se2+2. The maximum absolute atomic E-state index is 7.75. The maximum atomic E-state index is 7.75. The molecule has 0 heterocycles. The Morgan fingerprint density at radius 1 is 0.941 bits per heavy atom. The van der Waals surface area contributed by atoms with Crippen LogP contribution in [-0.2, 0) is 48.2 Å². The SMILES string of the molecule is [C-]#N.[C-]#N.[C-]#[O+].[C-]#[O+].[CH-]=O.[Fe+2].[Fe+3].[Se]CNC[Se]. The van der Waals surface area contributed by atoms with Gasteiger partial charge in [0, 0.05) is 0 Å². The van der Waals surface area contributed by atoms with Gasteiger partial charge in [-0.1, -0.05) is 0 Å². The molecule has 0 aromatic carbocycles. The molecule has 0 saturated heterocycles. The zero-order valence-electron chi connectivity index (χ0n) is 8.13. The Morgan fingerprint density at radius 3 is 1.06 bits per heavy atom. The molecule has 0 atom stereocenters. The van der Waals surface area contributed by atoms with Gasteiger partial charge in [-0.15, -0.1) is 0 Å². The summed E-state index contributed by atoms with van der Waals surface area (Å²) in [5.74, 6) is 0. The third-order valence-electron chi connectivity index (χ3n) is 0.204. The topological polar surface area (TPSA) is 116 Å². The standard InChI is InChI=1S/C2H5NSe2.2CN.CHO.2CO.2Fe/c4-1-3-2-5;5*1-2;;/h3H,1-2H2;;;1H;;;;/q;3*-1;;;+2;+3. The van der Waals surface area contributed by atoms with Gasteiger partial charge in [0.25, 0.3) is 0 Å². The van der Waals surface area contributed by atoms with Crippen LogP contribution in [0.2, 0.25) is 0 Å². The van der Waals surface area contributed by atoms with Gasteiger partial charge in [-0.2, -0.15) is 0 Å². The molecule has 0 fully saturated rings. The van der Waals surface area contributed by atoms with Crippen molar-refractivity contribution >= 4 is 38.8 Å². The average molecular weight is 450 g/mol. The van der Waals surface area contributed by atoms with Crippen LogP contribution >= 0.6 is 0 Å². The molecule has 0 aliphatic rings. The first-order valence-corrected chi connectivity index (χ1v) is 4.80. The zero-order valence-corrected chi connectivity index (χ0v) is 13.8. The van der Waals surface area contributed by atoms with E-state index in [-0.39, 0.29) is 34.1 Å². The summed E-state index contributed by atoms with van der Waals surface area (Å²) in [5, 5.41) is 15.5. The summed E-state index contributed by atoms with van der Waals surface area (Å²) in [4.78, 5) is 7.75. The summed E-state index contributed by atoms with van der Waals surface area (Å²) in [6.45, 7) is 21.8. The Balaban J connectivity index is -0.00000001000. The molecule has 0 aromatic rings. The van der Waals surface area contributed by atoms with Gasteiger partial charge in [-0.25, -0.2) is 0 Å². The van der Waals surface area contributed by atoms with E-state index in [1.807, 2.05) is 0 Å². The molecule has 0 amide bonds. The van der Waals surface area contributed by atoms with E-state index in [0.717, 1.165) is 10.9 Å². The van der Waals surface area contributed by atoms with Gasteiger partial charge < -0.3 is 28.5 Å². The Morgan fingerprint density at radius 2 is 1.06 bits per heavy atom. The molecule has 10 heteroatoms. The first kappa shape index (κ1) is 53.4. The Kier molecular flexibility index (Phi) is 1160. The second-order valence-corrected chi connectivity index (χ2v) is 1.75. The minimum absolute atomic E-state index is 0. The summed E-state index contributed by atoms with van der Waals surface area (Å²) in [6, 6.07) is 0. The van der Waals surface area contributed by atoms with E-state index >= 15 is 0 Å². The van der Waals surface area contributed by atoms with Gasteiger partial charge in [-0.3, -0.25) is 6.79 Å². The van der Waals surface area contributed by atoms with Gasteiger partial charge >= 0.3 is 105 Å². The second-order valence-electron chi connectivity index (χ2n) is 0.539. The van der Waals surface area contributed by atoms with Crippen LogP contribution in [0, 0.1) is 37.0 Å². The fraction of sp³-hybridized carbons (Fsp3) is 0.286. The second kappa shape index (κ2) is 371. The third kappa shape index (κ3) is 691. The normalized spacial score (nSPS) is 3.18. The van der Waals surface area contributed by atoms with Gasteiger partial charge in [0.2, 0.25) is 0 Å². The van der Waals surface area contributed by atoms with E-state index in [4.69, 9.17) is 37.8 Å². The number of nitrogens with zero attached hydrogens (tertiary/aromatic N) is 2. The van der Waals surface area contributed by atoms with Crippen molar-refractivity contribution in [1.82, 2.24) is 5.32 Å². The first-order chi connectivity index (χ1) is 7.41. The molecule has 0 spiro atoms. The van der Waals surface area contributed by atoms with Crippen LogP contribution in [0.4, 0.5) is 0 Å². The molecule has 6 nitrogen and oxygen atoms in total. The van der Waals surface area contributed by atoms with Crippen molar-refractivity contribution in [2.24, 2.45) is 0 Å². The molecule has 0 saturated carbocycles. The molecule has 93 valence electrons. The number of rotatable bonds is 2. The predicted octanol–water partition coefficient (Wildman–Crippen LogP) is -1.33. The molecule has 0 aromatic heterocycles. The summed E-state index contributed by atoms with van der Waals surface area (Å²) >= 11 is 5.62. The van der Waals surface area contributed by atoms with Gasteiger partial charge in [0.1, 0.15) is 0 Å². The summed E-state index contributed by atoms with van der Waals surface area (Å²) < 4.78 is 15.0. The van der Waals surface area contributed by atoms with Gasteiger partial charge in [-0.05, 0) is 0 Å². The fourth-order valence-corrected chi connectivity index (χ4v) is 1.12. The summed E-state index contributed by atoms with van der Waals surface area (Å²) in [5.41, 5.74) is 1.88. The zero-order chi connectivity index (χ0) is 14.1. The average Bonchev–Trinajstić information content (AvgIpc) is 2.42. The van der Waals surface area contributed by atoms with E-state index in [1.165, 1.54) is 0 Å². The van der Waals surface area contributed by atoms with Crippen LogP contribution in [0.5, 0.6) is 0 Å². The van der Waals surface area contributed by atoms with Crippen molar-refractivity contribution in [1.29, 1.82) is 10.5 Å². The van der Waals surface area contributed by atoms with Crippen LogP contribution < -0.4 is 5.32 Å². The monoisotopic (exact) mass is 452 g/mol. The van der Waals surface area contributed by atoms with Crippen molar-refractivity contribution in [3.05, 3.63) is 26.4 Å². The van der Waals surface area contributed by atoms with Crippen LogP contribution in [0.25, 0.3) is 0 Å². The predicted molar refractivity (Wildman–Crippen MR) is 48.9 cm³/mol. The minimum atomic E-state index is 0. The molecule has 17 heavy (non-hydrogen) atoms. The van der Waals surface area contributed by atoms with E-state index in [9.17, 15) is 0 Å². The number of hydrogen-bond donors (Lipinski definition) is 1. The van der Waals surface area contributed by atoms with E-state index in [2.05, 4.69) is 57.4 Å². The van der Waals surface area contributed by atoms with Crippen molar-refractivity contribution in [3.8, 4) is 0 Å². The van der Waals surface area contributed by atoms with Gasteiger partial charge in [0.05, 0.1) is 0 Å². The van der Waals surface area contributed by atoms with E-state index in [0.29, 0.717) is 0 Å². The fourth-order valence-electron chi connectivity index (χ4n) is 0.0417. The van der Waals surface area contributed by atoms with Crippen LogP contribution in [0.3, 0.4) is 0 Å². The summed E-state index contributed by atoms with van der Waals surface area (Å²) in [6.07, 6.45) is 0. The quantitative estimate of drug-likeness (QED) is 0.243. The molecule has 0 unspecified atom stereocenters. The van der Waals surface area contributed by atoms with Crippen molar-refractivity contribution in [3.63, 3.8) is 0 Å². The molecule has 0 aliphatic heterocycles. The van der Waals surface area contributed by atoms with E-state index in [1.54, 1.807) is 0 Å². The number of nitrogens with one attached hydrogen (secondary N) is 1. The molecule has 0 aliphatic carbocycles. The molecule has 0 rings (SSSR count). The summed E-state index contributed by atoms with van der Waals surface area (Å²) in [7, 11) is 0. The molecule has 0 bridgehead atoms. The molecule has 3 radical (unpaired) electrons. The van der Waals surface area contributed by atoms with Crippen molar-refractivity contribution in [2.75, 3.05) is 10.9 Å². The first-order valence-electron chi connectivity index (χ1n) is 2.38. The number of hydrogen-bond acceptors (Lipinski definition) is 4. The number of carbonyl (C=O) groups excluding carboxylic acids is 1. The Bertz CT molecular complexity index is 119. The van der Waals surface area contributed by atoms with Crippen LogP contribution in [0.15, 0.2) is 0 Å². The Hall–Kier alpha value is 0.168. The van der Waals surface area contributed by atoms with Gasteiger partial charge in [0.15, 0.2) is 0 Å². The third-order valence-corrected chi connectivity index (χ3v) is 1.06. The van der Waals surface area contributed by atoms with E-state index < -0.39 is 0 Å². The van der Waals surface area contributed by atoms with Crippen molar-refractivity contribution in [2.45, 2.75) is 0 Å². The Labute approximate surface area is 139 Å². The molecule has 1 N–H and O–H groups in total. The van der Waals surface area contributed by atoms with Crippen LogP contribution in [0.1, 0.15) is 0 Å². The van der Waals surface area contributed by atoms with Crippen molar-refractivity contribution < 1.29 is 48.2 Å². The molecular weight excluding hydrogens is 444 g/mol.